The summed E-state index contributed by atoms with van der Waals surface area (Å²) in [6.07, 6.45) is 3.67. The first-order chi connectivity index (χ1) is 18.7. The van der Waals surface area contributed by atoms with E-state index in [2.05, 4.69) is 10.8 Å². The fourth-order valence-corrected chi connectivity index (χ4v) is 6.41. The number of hydrogen-bond acceptors (Lipinski definition) is 8. The lowest BCUT2D eigenvalue weighted by molar-refractivity contribution is -0.128. The molecule has 10 nitrogen and oxygen atoms in total. The Labute approximate surface area is 228 Å². The SMILES string of the molecule is N#Cc1cc(C(=O)C2CC2)c(CN2CCCC2=O)nc1N1CCC(C(=O)NS(=O)(=O)Cc2ccccc2)CC1. The van der Waals surface area contributed by atoms with E-state index in [4.69, 9.17) is 4.98 Å². The number of aromatic nitrogens is 1. The third kappa shape index (κ3) is 6.28. The van der Waals surface area contributed by atoms with Crippen LogP contribution < -0.4 is 9.62 Å². The quantitative estimate of drug-likeness (QED) is 0.471. The van der Waals surface area contributed by atoms with Gasteiger partial charge in [-0.15, -0.1) is 0 Å². The molecule has 39 heavy (non-hydrogen) atoms. The molecule has 1 aromatic carbocycles. The minimum atomic E-state index is -3.83. The molecule has 0 radical (unpaired) electrons. The molecule has 3 aliphatic rings. The Bertz CT molecular complexity index is 1420. The Morgan fingerprint density at radius 1 is 1.05 bits per heavy atom. The molecule has 2 aliphatic heterocycles. The van der Waals surface area contributed by atoms with Crippen LogP contribution in [0.5, 0.6) is 0 Å². The second-order valence-electron chi connectivity index (χ2n) is 10.5. The highest BCUT2D eigenvalue weighted by Crippen LogP contribution is 2.35. The molecule has 2 aromatic rings. The summed E-state index contributed by atoms with van der Waals surface area (Å²) in [5, 5.41) is 9.89. The highest BCUT2D eigenvalue weighted by atomic mass is 32.2. The Morgan fingerprint density at radius 3 is 2.38 bits per heavy atom. The van der Waals surface area contributed by atoms with Crippen molar-refractivity contribution in [1.82, 2.24) is 14.6 Å². The van der Waals surface area contributed by atoms with Crippen molar-refractivity contribution in [1.29, 1.82) is 5.26 Å². The first kappa shape index (κ1) is 26.8. The molecule has 3 fully saturated rings. The van der Waals surface area contributed by atoms with Crippen LogP contribution >= 0.6 is 0 Å². The van der Waals surface area contributed by atoms with Gasteiger partial charge in [0.1, 0.15) is 11.9 Å². The number of amides is 2. The predicted octanol–water partition coefficient (Wildman–Crippen LogP) is 2.53. The van der Waals surface area contributed by atoms with E-state index in [0.29, 0.717) is 61.5 Å². The average Bonchev–Trinajstić information content (AvgIpc) is 3.70. The Balaban J connectivity index is 1.29. The van der Waals surface area contributed by atoms with Crippen molar-refractivity contribution in [2.45, 2.75) is 50.8 Å². The van der Waals surface area contributed by atoms with E-state index in [0.717, 1.165) is 19.3 Å². The number of Topliss-reactive ketones (excluding diaryl/α,β-unsaturated/α-hetero) is 1. The number of sulfonamides is 1. The molecule has 3 heterocycles. The molecule has 5 rings (SSSR count). The van der Waals surface area contributed by atoms with Gasteiger partial charge in [0.2, 0.25) is 21.8 Å². The van der Waals surface area contributed by atoms with Crippen LogP contribution in [0.4, 0.5) is 5.82 Å². The summed E-state index contributed by atoms with van der Waals surface area (Å²) in [4.78, 5) is 46.5. The molecule has 0 unspecified atom stereocenters. The maximum absolute atomic E-state index is 13.0. The van der Waals surface area contributed by atoms with Crippen LogP contribution in [0.15, 0.2) is 36.4 Å². The smallest absolute Gasteiger partial charge is 0.239 e. The number of benzene rings is 1. The fourth-order valence-electron chi connectivity index (χ4n) is 5.23. The number of nitriles is 1. The number of carbonyl (C=O) groups excluding carboxylic acids is 3. The molecule has 1 aliphatic carbocycles. The number of anilines is 1. The zero-order valence-electron chi connectivity index (χ0n) is 21.6. The van der Waals surface area contributed by atoms with Crippen molar-refractivity contribution < 1.29 is 22.8 Å². The summed E-state index contributed by atoms with van der Waals surface area (Å²) in [7, 11) is -3.83. The molecule has 1 saturated carbocycles. The number of likely N-dealkylation sites (tertiary alicyclic amines) is 1. The molecular formula is C28H31N5O5S. The lowest BCUT2D eigenvalue weighted by atomic mass is 9.95. The highest BCUT2D eigenvalue weighted by Gasteiger charge is 2.35. The van der Waals surface area contributed by atoms with Gasteiger partial charge >= 0.3 is 0 Å². The number of hydrogen-bond donors (Lipinski definition) is 1. The van der Waals surface area contributed by atoms with Crippen molar-refractivity contribution in [3.05, 3.63) is 58.8 Å². The van der Waals surface area contributed by atoms with Crippen LogP contribution in [-0.4, -0.2) is 55.5 Å². The van der Waals surface area contributed by atoms with Crippen LogP contribution in [-0.2, 0) is 31.9 Å². The number of ketones is 1. The highest BCUT2D eigenvalue weighted by molar-refractivity contribution is 7.89. The lowest BCUT2D eigenvalue weighted by Gasteiger charge is -2.33. The van der Waals surface area contributed by atoms with Crippen LogP contribution in [0.3, 0.4) is 0 Å². The minimum absolute atomic E-state index is 0.0284. The maximum atomic E-state index is 13.0. The standard InChI is InChI=1S/C28H31N5O5S/c29-16-22-15-23(26(35)20-8-9-20)24(17-33-12-4-7-25(33)34)30-27(22)32-13-10-21(11-14-32)28(36)31-39(37,38)18-19-5-2-1-3-6-19/h1-3,5-6,15,20-21H,4,7-14,17-18H2,(H,31,36). The van der Waals surface area contributed by atoms with Crippen molar-refractivity contribution >= 4 is 33.4 Å². The van der Waals surface area contributed by atoms with Crippen LogP contribution in [0, 0.1) is 23.2 Å². The third-order valence-electron chi connectivity index (χ3n) is 7.55. The van der Waals surface area contributed by atoms with E-state index in [1.165, 1.54) is 0 Å². The van der Waals surface area contributed by atoms with E-state index in [1.807, 2.05) is 4.90 Å². The lowest BCUT2D eigenvalue weighted by Crippen LogP contribution is -2.43. The van der Waals surface area contributed by atoms with E-state index < -0.39 is 21.8 Å². The van der Waals surface area contributed by atoms with E-state index in [-0.39, 0.29) is 35.5 Å². The van der Waals surface area contributed by atoms with Crippen LogP contribution in [0.1, 0.15) is 65.7 Å². The van der Waals surface area contributed by atoms with Gasteiger partial charge in [-0.1, -0.05) is 30.3 Å². The van der Waals surface area contributed by atoms with E-state index in [9.17, 15) is 28.1 Å². The van der Waals surface area contributed by atoms with Gasteiger partial charge in [0.25, 0.3) is 0 Å². The van der Waals surface area contributed by atoms with Gasteiger partial charge in [-0.3, -0.25) is 19.1 Å². The molecule has 0 atom stereocenters. The largest absolute Gasteiger partial charge is 0.355 e. The normalized spacial score (nSPS) is 18.2. The van der Waals surface area contributed by atoms with Crippen molar-refractivity contribution in [2.24, 2.45) is 11.8 Å². The Morgan fingerprint density at radius 2 is 1.77 bits per heavy atom. The molecule has 11 heteroatoms. The Hall–Kier alpha value is -3.78. The number of rotatable bonds is 9. The second-order valence-corrected chi connectivity index (χ2v) is 12.2. The fraction of sp³-hybridized carbons (Fsp3) is 0.464. The van der Waals surface area contributed by atoms with Gasteiger partial charge in [-0.2, -0.15) is 5.26 Å². The van der Waals surface area contributed by atoms with Crippen molar-refractivity contribution in [3.8, 4) is 6.07 Å². The number of carbonyl (C=O) groups is 3. The second kappa shape index (κ2) is 11.1. The third-order valence-corrected chi connectivity index (χ3v) is 8.77. The first-order valence-corrected chi connectivity index (χ1v) is 15.0. The van der Waals surface area contributed by atoms with Crippen LogP contribution in [0.25, 0.3) is 0 Å². The molecule has 2 saturated heterocycles. The van der Waals surface area contributed by atoms with Gasteiger partial charge in [0.15, 0.2) is 5.78 Å². The van der Waals surface area contributed by atoms with Crippen molar-refractivity contribution in [2.75, 3.05) is 24.5 Å². The summed E-state index contributed by atoms with van der Waals surface area (Å²) in [5.74, 6) is -0.915. The zero-order chi connectivity index (χ0) is 27.6. The maximum Gasteiger partial charge on any atom is 0.239 e. The molecule has 204 valence electrons. The summed E-state index contributed by atoms with van der Waals surface area (Å²) in [5.41, 5.74) is 1.79. The van der Waals surface area contributed by atoms with Gasteiger partial charge < -0.3 is 9.80 Å². The Kier molecular flexibility index (Phi) is 7.66. The zero-order valence-corrected chi connectivity index (χ0v) is 22.5. The first-order valence-electron chi connectivity index (χ1n) is 13.3. The van der Waals surface area contributed by atoms with Gasteiger partial charge in [0, 0.05) is 43.5 Å². The molecule has 1 N–H and O–H groups in total. The average molecular weight is 550 g/mol. The summed E-state index contributed by atoms with van der Waals surface area (Å²) >= 11 is 0. The minimum Gasteiger partial charge on any atom is -0.355 e. The van der Waals surface area contributed by atoms with Gasteiger partial charge in [0.05, 0.1) is 23.6 Å². The molecular weight excluding hydrogens is 518 g/mol. The predicted molar refractivity (Wildman–Crippen MR) is 143 cm³/mol. The summed E-state index contributed by atoms with van der Waals surface area (Å²) < 4.78 is 27.3. The van der Waals surface area contributed by atoms with E-state index >= 15 is 0 Å². The van der Waals surface area contributed by atoms with Crippen LogP contribution in [0.2, 0.25) is 0 Å². The number of pyridine rings is 1. The summed E-state index contributed by atoms with van der Waals surface area (Å²) in [6, 6.07) is 12.4. The molecule has 2 amide bonds. The van der Waals surface area contributed by atoms with Gasteiger partial charge in [-0.25, -0.2) is 13.4 Å². The number of nitrogens with one attached hydrogen (secondary N) is 1. The van der Waals surface area contributed by atoms with Gasteiger partial charge in [-0.05, 0) is 43.7 Å². The molecule has 0 spiro atoms. The molecule has 0 bridgehead atoms. The topological polar surface area (TPSA) is 141 Å². The number of nitrogens with zero attached hydrogens (tertiary/aromatic N) is 4. The summed E-state index contributed by atoms with van der Waals surface area (Å²) in [6.45, 7) is 1.64. The monoisotopic (exact) mass is 549 g/mol. The molecule has 1 aromatic heterocycles. The van der Waals surface area contributed by atoms with Crippen molar-refractivity contribution in [3.63, 3.8) is 0 Å². The van der Waals surface area contributed by atoms with E-state index in [1.54, 1.807) is 41.3 Å². The number of piperidine rings is 1.